The molecule has 1 aromatic rings. The Hall–Kier alpha value is -1.88. The lowest BCUT2D eigenvalue weighted by molar-refractivity contribution is -0.120. The van der Waals surface area contributed by atoms with Gasteiger partial charge in [0.05, 0.1) is 5.92 Å². The molecule has 0 aliphatic carbocycles. The van der Waals surface area contributed by atoms with Crippen LogP contribution >= 0.6 is 0 Å². The molecular formula is C15H21N3O2. The van der Waals surface area contributed by atoms with Crippen LogP contribution in [-0.4, -0.2) is 24.9 Å². The lowest BCUT2D eigenvalue weighted by Crippen LogP contribution is -2.37. The molecule has 2 rings (SSSR count). The van der Waals surface area contributed by atoms with Gasteiger partial charge in [-0.2, -0.15) is 0 Å². The number of carbonyl (C=O) groups excluding carboxylic acids is 2. The number of hydrogen-bond acceptors (Lipinski definition) is 3. The number of hydrogen-bond donors (Lipinski definition) is 3. The lowest BCUT2D eigenvalue weighted by atomic mass is 9.98. The maximum Gasteiger partial charge on any atom is 0.228 e. The molecule has 1 heterocycles. The highest BCUT2D eigenvalue weighted by Gasteiger charge is 2.20. The Balaban J connectivity index is 2.05. The van der Waals surface area contributed by atoms with Gasteiger partial charge in [0, 0.05) is 24.8 Å². The standard InChI is InChI=1S/C15H21N3O2/c1-10-5-6-13(8-14(10)17-11(2)19)18-15(20)12-4-3-7-16-9-12/h5-6,8,12,16H,3-4,7,9H2,1-2H3,(H,17,19)(H,18,20)/t12-/m0/s1. The van der Waals surface area contributed by atoms with Crippen LogP contribution in [0.5, 0.6) is 0 Å². The summed E-state index contributed by atoms with van der Waals surface area (Å²) in [5.74, 6) is -0.0582. The van der Waals surface area contributed by atoms with Gasteiger partial charge in [0.25, 0.3) is 0 Å². The van der Waals surface area contributed by atoms with Gasteiger partial charge in [0.1, 0.15) is 0 Å². The maximum absolute atomic E-state index is 12.1. The predicted molar refractivity (Wildman–Crippen MR) is 79.7 cm³/mol. The van der Waals surface area contributed by atoms with E-state index in [1.54, 1.807) is 6.07 Å². The van der Waals surface area contributed by atoms with E-state index in [-0.39, 0.29) is 17.7 Å². The van der Waals surface area contributed by atoms with Gasteiger partial charge in [-0.1, -0.05) is 6.07 Å². The van der Waals surface area contributed by atoms with Gasteiger partial charge >= 0.3 is 0 Å². The topological polar surface area (TPSA) is 70.2 Å². The van der Waals surface area contributed by atoms with Gasteiger partial charge in [0.15, 0.2) is 0 Å². The molecule has 0 unspecified atom stereocenters. The molecule has 2 amide bonds. The third kappa shape index (κ3) is 3.81. The van der Waals surface area contributed by atoms with E-state index in [1.807, 2.05) is 19.1 Å². The van der Waals surface area contributed by atoms with Crippen molar-refractivity contribution in [3.63, 3.8) is 0 Å². The van der Waals surface area contributed by atoms with Crippen LogP contribution in [0.4, 0.5) is 11.4 Å². The third-order valence-electron chi connectivity index (χ3n) is 3.48. The minimum absolute atomic E-state index is 0.0225. The molecule has 5 heteroatoms. The number of carbonyl (C=O) groups is 2. The quantitative estimate of drug-likeness (QED) is 0.789. The summed E-state index contributed by atoms with van der Waals surface area (Å²) in [5.41, 5.74) is 2.42. The Morgan fingerprint density at radius 1 is 1.30 bits per heavy atom. The molecule has 0 radical (unpaired) electrons. The number of nitrogens with one attached hydrogen (secondary N) is 3. The van der Waals surface area contributed by atoms with Crippen LogP contribution in [0.15, 0.2) is 18.2 Å². The van der Waals surface area contributed by atoms with Crippen molar-refractivity contribution in [2.75, 3.05) is 23.7 Å². The number of amides is 2. The Labute approximate surface area is 119 Å². The molecule has 0 saturated carbocycles. The minimum atomic E-state index is -0.118. The average Bonchev–Trinajstić information content (AvgIpc) is 2.43. The van der Waals surface area contributed by atoms with Gasteiger partial charge < -0.3 is 16.0 Å². The first-order valence-corrected chi connectivity index (χ1v) is 6.96. The van der Waals surface area contributed by atoms with Gasteiger partial charge in [0.2, 0.25) is 11.8 Å². The highest BCUT2D eigenvalue weighted by molar-refractivity contribution is 5.95. The maximum atomic E-state index is 12.1. The highest BCUT2D eigenvalue weighted by Crippen LogP contribution is 2.21. The summed E-state index contributed by atoms with van der Waals surface area (Å²) in [5, 5.41) is 8.92. The summed E-state index contributed by atoms with van der Waals surface area (Å²) in [6.45, 7) is 5.11. The van der Waals surface area contributed by atoms with Crippen molar-refractivity contribution in [1.82, 2.24) is 5.32 Å². The monoisotopic (exact) mass is 275 g/mol. The summed E-state index contributed by atoms with van der Waals surface area (Å²) in [6, 6.07) is 5.54. The van der Waals surface area contributed by atoms with Crippen LogP contribution in [0, 0.1) is 12.8 Å². The summed E-state index contributed by atoms with van der Waals surface area (Å²) in [7, 11) is 0. The summed E-state index contributed by atoms with van der Waals surface area (Å²) in [6.07, 6.45) is 1.95. The van der Waals surface area contributed by atoms with E-state index < -0.39 is 0 Å². The van der Waals surface area contributed by atoms with E-state index in [4.69, 9.17) is 0 Å². The molecule has 0 bridgehead atoms. The van der Waals surface area contributed by atoms with E-state index in [9.17, 15) is 9.59 Å². The normalized spacial score (nSPS) is 18.4. The van der Waals surface area contributed by atoms with Crippen LogP contribution < -0.4 is 16.0 Å². The molecule has 1 fully saturated rings. The molecule has 1 atom stereocenters. The molecular weight excluding hydrogens is 254 g/mol. The second-order valence-electron chi connectivity index (χ2n) is 5.24. The molecule has 1 saturated heterocycles. The average molecular weight is 275 g/mol. The zero-order valence-electron chi connectivity index (χ0n) is 12.0. The number of rotatable bonds is 3. The molecule has 0 aromatic heterocycles. The number of aryl methyl sites for hydroxylation is 1. The number of piperidine rings is 1. The van der Waals surface area contributed by atoms with Crippen molar-refractivity contribution in [2.24, 2.45) is 5.92 Å². The van der Waals surface area contributed by atoms with Crippen molar-refractivity contribution in [2.45, 2.75) is 26.7 Å². The first kappa shape index (κ1) is 14.5. The number of anilines is 2. The fourth-order valence-corrected chi connectivity index (χ4v) is 2.34. The Morgan fingerprint density at radius 3 is 2.75 bits per heavy atom. The first-order chi connectivity index (χ1) is 9.56. The molecule has 5 nitrogen and oxygen atoms in total. The zero-order valence-corrected chi connectivity index (χ0v) is 12.0. The highest BCUT2D eigenvalue weighted by atomic mass is 16.2. The van der Waals surface area contributed by atoms with E-state index in [2.05, 4.69) is 16.0 Å². The van der Waals surface area contributed by atoms with Crippen molar-refractivity contribution in [3.8, 4) is 0 Å². The molecule has 108 valence electrons. The van der Waals surface area contributed by atoms with Crippen LogP contribution in [-0.2, 0) is 9.59 Å². The molecule has 3 N–H and O–H groups in total. The predicted octanol–water partition coefficient (Wildman–Crippen LogP) is 1.89. The van der Waals surface area contributed by atoms with Crippen LogP contribution in [0.3, 0.4) is 0 Å². The zero-order chi connectivity index (χ0) is 14.5. The summed E-state index contributed by atoms with van der Waals surface area (Å²) < 4.78 is 0. The fourth-order valence-electron chi connectivity index (χ4n) is 2.34. The Morgan fingerprint density at radius 2 is 2.10 bits per heavy atom. The van der Waals surface area contributed by atoms with E-state index >= 15 is 0 Å². The SMILES string of the molecule is CC(=O)Nc1cc(NC(=O)[C@H]2CCCNC2)ccc1C. The van der Waals surface area contributed by atoms with Crippen molar-refractivity contribution in [1.29, 1.82) is 0 Å². The molecule has 1 aliphatic rings. The second kappa shape index (κ2) is 6.52. The van der Waals surface area contributed by atoms with Crippen LogP contribution in [0.2, 0.25) is 0 Å². The van der Waals surface area contributed by atoms with Crippen molar-refractivity contribution in [3.05, 3.63) is 23.8 Å². The Kier molecular flexibility index (Phi) is 4.74. The van der Waals surface area contributed by atoms with Gasteiger partial charge in [-0.3, -0.25) is 9.59 Å². The summed E-state index contributed by atoms with van der Waals surface area (Å²) >= 11 is 0. The molecule has 1 aliphatic heterocycles. The lowest BCUT2D eigenvalue weighted by Gasteiger charge is -2.22. The van der Waals surface area contributed by atoms with E-state index in [1.165, 1.54) is 6.92 Å². The van der Waals surface area contributed by atoms with E-state index in [0.29, 0.717) is 0 Å². The molecule has 20 heavy (non-hydrogen) atoms. The smallest absolute Gasteiger partial charge is 0.228 e. The number of benzene rings is 1. The molecule has 1 aromatic carbocycles. The van der Waals surface area contributed by atoms with Gasteiger partial charge in [-0.25, -0.2) is 0 Å². The van der Waals surface area contributed by atoms with E-state index in [0.717, 1.165) is 42.9 Å². The largest absolute Gasteiger partial charge is 0.326 e. The molecule has 0 spiro atoms. The Bertz CT molecular complexity index is 508. The minimum Gasteiger partial charge on any atom is -0.326 e. The first-order valence-electron chi connectivity index (χ1n) is 6.96. The van der Waals surface area contributed by atoms with Crippen LogP contribution in [0.25, 0.3) is 0 Å². The summed E-state index contributed by atoms with van der Waals surface area (Å²) in [4.78, 5) is 23.3. The van der Waals surface area contributed by atoms with Crippen molar-refractivity contribution < 1.29 is 9.59 Å². The second-order valence-corrected chi connectivity index (χ2v) is 5.24. The van der Waals surface area contributed by atoms with Crippen LogP contribution in [0.1, 0.15) is 25.3 Å². The third-order valence-corrected chi connectivity index (χ3v) is 3.48. The van der Waals surface area contributed by atoms with Crippen molar-refractivity contribution >= 4 is 23.2 Å². The van der Waals surface area contributed by atoms with Gasteiger partial charge in [-0.05, 0) is 44.0 Å². The van der Waals surface area contributed by atoms with Gasteiger partial charge in [-0.15, -0.1) is 0 Å². The fraction of sp³-hybridized carbons (Fsp3) is 0.467.